The highest BCUT2D eigenvalue weighted by atomic mass is 16.1. The van der Waals surface area contributed by atoms with Crippen molar-refractivity contribution in [1.29, 1.82) is 0 Å². The van der Waals surface area contributed by atoms with E-state index in [-0.39, 0.29) is 5.91 Å². The summed E-state index contributed by atoms with van der Waals surface area (Å²) >= 11 is 0. The lowest BCUT2D eigenvalue weighted by Gasteiger charge is -2.07. The van der Waals surface area contributed by atoms with Gasteiger partial charge in [0.1, 0.15) is 11.6 Å². The summed E-state index contributed by atoms with van der Waals surface area (Å²) in [6, 6.07) is 8.66. The van der Waals surface area contributed by atoms with Crippen molar-refractivity contribution in [3.05, 3.63) is 47.8 Å². The van der Waals surface area contributed by atoms with Gasteiger partial charge in [0.05, 0.1) is 0 Å². The van der Waals surface area contributed by atoms with Crippen LogP contribution >= 0.6 is 0 Å². The second-order valence-corrected chi connectivity index (χ2v) is 4.19. The molecule has 19 heavy (non-hydrogen) atoms. The van der Waals surface area contributed by atoms with Crippen molar-refractivity contribution in [3.63, 3.8) is 0 Å². The van der Waals surface area contributed by atoms with Crippen LogP contribution in [0.25, 0.3) is 0 Å². The molecule has 2 rings (SSSR count). The van der Waals surface area contributed by atoms with E-state index in [1.807, 2.05) is 6.07 Å². The third-order valence-corrected chi connectivity index (χ3v) is 2.57. The first-order chi connectivity index (χ1) is 9.19. The van der Waals surface area contributed by atoms with Crippen LogP contribution in [0.3, 0.4) is 0 Å². The summed E-state index contributed by atoms with van der Waals surface area (Å²) in [6.45, 7) is 2.05. The number of nitrogens with two attached hydrogens (primary N) is 1. The van der Waals surface area contributed by atoms with E-state index in [0.717, 1.165) is 18.5 Å². The normalized spacial score (nSPS) is 10.2. The number of pyridine rings is 2. The Morgan fingerprint density at radius 1 is 1.37 bits per heavy atom. The Hall–Kier alpha value is -2.43. The molecule has 0 saturated heterocycles. The summed E-state index contributed by atoms with van der Waals surface area (Å²) in [5.41, 5.74) is 7.04. The Morgan fingerprint density at radius 2 is 2.21 bits per heavy atom. The molecule has 0 aliphatic heterocycles. The first-order valence-corrected chi connectivity index (χ1v) is 6.18. The Kier molecular flexibility index (Phi) is 4.07. The lowest BCUT2D eigenvalue weighted by Crippen LogP contribution is -2.14. The highest BCUT2D eigenvalue weighted by Gasteiger charge is 2.09. The summed E-state index contributed by atoms with van der Waals surface area (Å²) in [7, 11) is 0. The Balaban J connectivity index is 2.19. The van der Waals surface area contributed by atoms with Crippen molar-refractivity contribution in [1.82, 2.24) is 9.97 Å². The number of aryl methyl sites for hydroxylation is 1. The van der Waals surface area contributed by atoms with E-state index in [1.165, 1.54) is 0 Å². The third-order valence-electron chi connectivity index (χ3n) is 2.57. The molecule has 3 N–H and O–H groups in total. The molecule has 0 saturated carbocycles. The first-order valence-electron chi connectivity index (χ1n) is 6.18. The van der Waals surface area contributed by atoms with Crippen LogP contribution in [0, 0.1) is 0 Å². The molecule has 0 bridgehead atoms. The Bertz CT molecular complexity index is 569. The molecule has 0 radical (unpaired) electrons. The largest absolute Gasteiger partial charge is 0.384 e. The van der Waals surface area contributed by atoms with E-state index in [1.54, 1.807) is 30.5 Å². The van der Waals surface area contributed by atoms with Gasteiger partial charge in [-0.15, -0.1) is 0 Å². The number of aromatic nitrogens is 2. The number of carbonyl (C=O) groups is 1. The molecular weight excluding hydrogens is 240 g/mol. The maximum Gasteiger partial charge on any atom is 0.257 e. The van der Waals surface area contributed by atoms with Gasteiger partial charge in [0.15, 0.2) is 0 Å². The topological polar surface area (TPSA) is 80.9 Å². The highest BCUT2D eigenvalue weighted by molar-refractivity contribution is 6.04. The Labute approximate surface area is 111 Å². The van der Waals surface area contributed by atoms with Gasteiger partial charge in [-0.05, 0) is 30.7 Å². The molecule has 0 fully saturated rings. The SMILES string of the molecule is CCCc1cc(C(=O)Nc2ccccn2)cc(N)n1. The van der Waals surface area contributed by atoms with Crippen molar-refractivity contribution in [3.8, 4) is 0 Å². The maximum absolute atomic E-state index is 12.1. The molecule has 2 aromatic heterocycles. The summed E-state index contributed by atoms with van der Waals surface area (Å²) in [5.74, 6) is 0.641. The van der Waals surface area contributed by atoms with Gasteiger partial charge in [-0.25, -0.2) is 9.97 Å². The molecule has 0 aliphatic carbocycles. The number of carbonyl (C=O) groups excluding carboxylic acids is 1. The standard InChI is InChI=1S/C14H16N4O/c1-2-5-11-8-10(9-12(15)17-11)14(19)18-13-6-3-4-7-16-13/h3-4,6-9H,2,5H2,1H3,(H2,15,17)(H,16,18,19). The first kappa shape index (κ1) is 13.0. The molecule has 98 valence electrons. The van der Waals surface area contributed by atoms with Gasteiger partial charge in [0.25, 0.3) is 5.91 Å². The molecular formula is C14H16N4O. The molecule has 0 unspecified atom stereocenters. The third kappa shape index (κ3) is 3.51. The minimum atomic E-state index is -0.231. The zero-order chi connectivity index (χ0) is 13.7. The predicted molar refractivity (Wildman–Crippen MR) is 74.8 cm³/mol. The van der Waals surface area contributed by atoms with Crippen LogP contribution in [0.5, 0.6) is 0 Å². The molecule has 5 heteroatoms. The molecule has 0 spiro atoms. The number of nitrogen functional groups attached to an aromatic ring is 1. The molecule has 0 aliphatic rings. The van der Waals surface area contributed by atoms with E-state index in [0.29, 0.717) is 17.2 Å². The average Bonchev–Trinajstić information content (AvgIpc) is 2.39. The number of hydrogen-bond donors (Lipinski definition) is 2. The van der Waals surface area contributed by atoms with Crippen molar-refractivity contribution in [2.75, 3.05) is 11.1 Å². The molecule has 1 amide bonds. The fraction of sp³-hybridized carbons (Fsp3) is 0.214. The van der Waals surface area contributed by atoms with Crippen molar-refractivity contribution in [2.24, 2.45) is 0 Å². The Morgan fingerprint density at radius 3 is 2.89 bits per heavy atom. The van der Waals surface area contributed by atoms with Gasteiger partial charge >= 0.3 is 0 Å². The lowest BCUT2D eigenvalue weighted by molar-refractivity contribution is 0.102. The van der Waals surface area contributed by atoms with Crippen molar-refractivity contribution < 1.29 is 4.79 Å². The van der Waals surface area contributed by atoms with Gasteiger partial charge in [-0.3, -0.25) is 4.79 Å². The van der Waals surface area contributed by atoms with Crippen molar-refractivity contribution >= 4 is 17.5 Å². The van der Waals surface area contributed by atoms with Crippen LogP contribution in [0.2, 0.25) is 0 Å². The van der Waals surface area contributed by atoms with E-state index in [4.69, 9.17) is 5.73 Å². The summed E-state index contributed by atoms with van der Waals surface area (Å²) in [5, 5.41) is 2.72. The summed E-state index contributed by atoms with van der Waals surface area (Å²) in [4.78, 5) is 20.3. The van der Waals surface area contributed by atoms with Crippen LogP contribution in [-0.2, 0) is 6.42 Å². The highest BCUT2D eigenvalue weighted by Crippen LogP contribution is 2.11. The van der Waals surface area contributed by atoms with E-state index in [9.17, 15) is 4.79 Å². The minimum Gasteiger partial charge on any atom is -0.384 e. The quantitative estimate of drug-likeness (QED) is 0.879. The van der Waals surface area contributed by atoms with Crippen LogP contribution in [-0.4, -0.2) is 15.9 Å². The molecule has 2 heterocycles. The average molecular weight is 256 g/mol. The zero-order valence-electron chi connectivity index (χ0n) is 10.8. The van der Waals surface area contributed by atoms with Crippen LogP contribution in [0.15, 0.2) is 36.5 Å². The number of hydrogen-bond acceptors (Lipinski definition) is 4. The predicted octanol–water partition coefficient (Wildman–Crippen LogP) is 2.26. The van der Waals surface area contributed by atoms with Gasteiger partial charge in [-0.2, -0.15) is 0 Å². The number of amides is 1. The monoisotopic (exact) mass is 256 g/mol. The molecule has 2 aromatic rings. The fourth-order valence-corrected chi connectivity index (χ4v) is 1.75. The number of nitrogens with zero attached hydrogens (tertiary/aromatic N) is 2. The molecule has 5 nitrogen and oxygen atoms in total. The smallest absolute Gasteiger partial charge is 0.257 e. The van der Waals surface area contributed by atoms with Gasteiger partial charge < -0.3 is 11.1 Å². The second-order valence-electron chi connectivity index (χ2n) is 4.19. The van der Waals surface area contributed by atoms with E-state index >= 15 is 0 Å². The molecule has 0 aromatic carbocycles. The maximum atomic E-state index is 12.1. The summed E-state index contributed by atoms with van der Waals surface area (Å²) in [6.07, 6.45) is 3.38. The van der Waals surface area contributed by atoms with Gasteiger partial charge in [0, 0.05) is 17.5 Å². The van der Waals surface area contributed by atoms with E-state index < -0.39 is 0 Å². The number of anilines is 2. The molecule has 0 atom stereocenters. The second kappa shape index (κ2) is 5.95. The van der Waals surface area contributed by atoms with E-state index in [2.05, 4.69) is 22.2 Å². The van der Waals surface area contributed by atoms with Crippen LogP contribution in [0.4, 0.5) is 11.6 Å². The van der Waals surface area contributed by atoms with Gasteiger partial charge in [-0.1, -0.05) is 19.4 Å². The van der Waals surface area contributed by atoms with Crippen LogP contribution in [0.1, 0.15) is 29.4 Å². The summed E-state index contributed by atoms with van der Waals surface area (Å²) < 4.78 is 0. The van der Waals surface area contributed by atoms with Crippen LogP contribution < -0.4 is 11.1 Å². The number of rotatable bonds is 4. The zero-order valence-corrected chi connectivity index (χ0v) is 10.8. The number of nitrogens with one attached hydrogen (secondary N) is 1. The fourth-order valence-electron chi connectivity index (χ4n) is 1.75. The lowest BCUT2D eigenvalue weighted by atomic mass is 10.1. The van der Waals surface area contributed by atoms with Gasteiger partial charge in [0.2, 0.25) is 0 Å². The van der Waals surface area contributed by atoms with Crippen molar-refractivity contribution in [2.45, 2.75) is 19.8 Å². The minimum absolute atomic E-state index is 0.231.